The van der Waals surface area contributed by atoms with Gasteiger partial charge in [-0.25, -0.2) is 0 Å². The minimum atomic E-state index is 0.0152. The molecule has 0 fully saturated rings. The molecule has 1 atom stereocenters. The van der Waals surface area contributed by atoms with Crippen LogP contribution in [-0.4, -0.2) is 9.55 Å². The molecule has 0 saturated carbocycles. The molecule has 1 heterocycles. The standard InChI is InChI=1S/C16H22N2OS/c1-11(2)7-6-8-12(3)18-15(19)13-9-4-5-10-14(13)17-16(18)20/h4-5,9-12H,6-8H2,1-3H3,(H,17,20)/t12-/m0/s1. The molecule has 1 N–H and O–H groups in total. The van der Waals surface area contributed by atoms with Gasteiger partial charge in [-0.1, -0.05) is 38.8 Å². The van der Waals surface area contributed by atoms with Gasteiger partial charge in [0.05, 0.1) is 10.9 Å². The van der Waals surface area contributed by atoms with Gasteiger partial charge in [0.15, 0.2) is 4.77 Å². The lowest BCUT2D eigenvalue weighted by Crippen LogP contribution is -2.25. The van der Waals surface area contributed by atoms with Gasteiger partial charge >= 0.3 is 0 Å². The first-order chi connectivity index (χ1) is 9.50. The normalized spacial score (nSPS) is 13.0. The summed E-state index contributed by atoms with van der Waals surface area (Å²) < 4.78 is 2.24. The summed E-state index contributed by atoms with van der Waals surface area (Å²) in [5.74, 6) is 0.699. The molecule has 0 aliphatic rings. The van der Waals surface area contributed by atoms with E-state index in [1.54, 1.807) is 4.57 Å². The Hall–Kier alpha value is -1.42. The van der Waals surface area contributed by atoms with Gasteiger partial charge in [0, 0.05) is 6.04 Å². The Labute approximate surface area is 124 Å². The van der Waals surface area contributed by atoms with Gasteiger partial charge in [-0.05, 0) is 43.6 Å². The Morgan fingerprint density at radius 1 is 1.20 bits per heavy atom. The van der Waals surface area contributed by atoms with Crippen molar-refractivity contribution in [2.24, 2.45) is 5.92 Å². The second kappa shape index (κ2) is 6.35. The number of fused-ring (bicyclic) bond motifs is 1. The van der Waals surface area contributed by atoms with Crippen LogP contribution in [-0.2, 0) is 0 Å². The summed E-state index contributed by atoms with van der Waals surface area (Å²) in [7, 11) is 0. The lowest BCUT2D eigenvalue weighted by atomic mass is 10.0. The number of H-pyrrole nitrogens is 1. The molecule has 0 amide bonds. The second-order valence-electron chi connectivity index (χ2n) is 5.82. The van der Waals surface area contributed by atoms with Gasteiger partial charge < -0.3 is 4.98 Å². The molecule has 2 aromatic rings. The second-order valence-corrected chi connectivity index (χ2v) is 6.21. The molecule has 0 spiro atoms. The number of aromatic nitrogens is 2. The summed E-state index contributed by atoms with van der Waals surface area (Å²) in [5.41, 5.74) is 0.828. The van der Waals surface area contributed by atoms with E-state index in [0.717, 1.165) is 18.4 Å². The number of aromatic amines is 1. The molecule has 0 aliphatic carbocycles. The van der Waals surface area contributed by atoms with E-state index in [1.165, 1.54) is 6.42 Å². The minimum absolute atomic E-state index is 0.0152. The maximum atomic E-state index is 12.6. The van der Waals surface area contributed by atoms with E-state index < -0.39 is 0 Å². The van der Waals surface area contributed by atoms with Crippen LogP contribution < -0.4 is 5.56 Å². The average Bonchev–Trinajstić information content (AvgIpc) is 2.38. The first kappa shape index (κ1) is 15.0. The number of nitrogens with zero attached hydrogens (tertiary/aromatic N) is 1. The van der Waals surface area contributed by atoms with Gasteiger partial charge in [-0.2, -0.15) is 0 Å². The summed E-state index contributed by atoms with van der Waals surface area (Å²) in [6, 6.07) is 7.66. The van der Waals surface area contributed by atoms with Crippen LogP contribution in [0.3, 0.4) is 0 Å². The number of para-hydroxylation sites is 1. The molecule has 1 aromatic heterocycles. The molecule has 2 rings (SSSR count). The first-order valence-corrected chi connectivity index (χ1v) is 7.65. The van der Waals surface area contributed by atoms with Crippen molar-refractivity contribution in [1.82, 2.24) is 9.55 Å². The monoisotopic (exact) mass is 290 g/mol. The highest BCUT2D eigenvalue weighted by Gasteiger charge is 2.11. The molecule has 0 radical (unpaired) electrons. The zero-order chi connectivity index (χ0) is 14.7. The van der Waals surface area contributed by atoms with Crippen molar-refractivity contribution in [3.8, 4) is 0 Å². The average molecular weight is 290 g/mol. The number of hydrogen-bond donors (Lipinski definition) is 1. The van der Waals surface area contributed by atoms with Crippen molar-refractivity contribution in [2.45, 2.75) is 46.1 Å². The zero-order valence-corrected chi connectivity index (χ0v) is 13.2. The molecule has 4 heteroatoms. The molecule has 3 nitrogen and oxygen atoms in total. The van der Waals surface area contributed by atoms with Crippen LogP contribution in [0.2, 0.25) is 0 Å². The molecule has 0 aliphatic heterocycles. The van der Waals surface area contributed by atoms with Crippen molar-refractivity contribution < 1.29 is 0 Å². The topological polar surface area (TPSA) is 37.8 Å². The largest absolute Gasteiger partial charge is 0.332 e. The van der Waals surface area contributed by atoms with Crippen LogP contribution in [0.25, 0.3) is 10.9 Å². The third-order valence-corrected chi connectivity index (χ3v) is 3.98. The number of hydrogen-bond acceptors (Lipinski definition) is 2. The number of benzene rings is 1. The SMILES string of the molecule is CC(C)CCC[C@H](C)n1c(=S)[nH]c2ccccc2c1=O. The fraction of sp³-hybridized carbons (Fsp3) is 0.500. The van der Waals surface area contributed by atoms with Gasteiger partial charge in [-0.3, -0.25) is 9.36 Å². The Balaban J connectivity index is 2.34. The van der Waals surface area contributed by atoms with E-state index in [-0.39, 0.29) is 11.6 Å². The van der Waals surface area contributed by atoms with Gasteiger partial charge in [0.1, 0.15) is 0 Å². The van der Waals surface area contributed by atoms with Crippen molar-refractivity contribution in [3.63, 3.8) is 0 Å². The molecule has 0 saturated heterocycles. The van der Waals surface area contributed by atoms with Crippen molar-refractivity contribution in [3.05, 3.63) is 39.4 Å². The Morgan fingerprint density at radius 2 is 1.90 bits per heavy atom. The third kappa shape index (κ3) is 3.18. The molecule has 20 heavy (non-hydrogen) atoms. The molecule has 1 aromatic carbocycles. The van der Waals surface area contributed by atoms with Crippen LogP contribution in [0, 0.1) is 10.7 Å². The van der Waals surface area contributed by atoms with Crippen LogP contribution in [0.15, 0.2) is 29.1 Å². The van der Waals surface area contributed by atoms with Crippen LogP contribution in [0.5, 0.6) is 0 Å². The third-order valence-electron chi connectivity index (χ3n) is 3.68. The van der Waals surface area contributed by atoms with E-state index in [4.69, 9.17) is 12.2 Å². The fourth-order valence-corrected chi connectivity index (χ4v) is 2.90. The highest BCUT2D eigenvalue weighted by atomic mass is 32.1. The maximum Gasteiger partial charge on any atom is 0.262 e. The molecule has 0 bridgehead atoms. The quantitative estimate of drug-likeness (QED) is 0.826. The minimum Gasteiger partial charge on any atom is -0.332 e. The summed E-state index contributed by atoms with van der Waals surface area (Å²) >= 11 is 5.35. The van der Waals surface area contributed by atoms with E-state index in [9.17, 15) is 4.79 Å². The highest BCUT2D eigenvalue weighted by molar-refractivity contribution is 7.71. The fourth-order valence-electron chi connectivity index (χ4n) is 2.53. The van der Waals surface area contributed by atoms with Crippen molar-refractivity contribution in [1.29, 1.82) is 0 Å². The van der Waals surface area contributed by atoms with Crippen LogP contribution in [0.1, 0.15) is 46.1 Å². The lowest BCUT2D eigenvalue weighted by molar-refractivity contribution is 0.434. The number of rotatable bonds is 5. The smallest absolute Gasteiger partial charge is 0.262 e. The predicted octanol–water partition coefficient (Wildman–Crippen LogP) is 4.45. The highest BCUT2D eigenvalue weighted by Crippen LogP contribution is 2.17. The lowest BCUT2D eigenvalue weighted by Gasteiger charge is -2.16. The van der Waals surface area contributed by atoms with E-state index in [1.807, 2.05) is 24.3 Å². The first-order valence-electron chi connectivity index (χ1n) is 7.24. The van der Waals surface area contributed by atoms with E-state index >= 15 is 0 Å². The summed E-state index contributed by atoms with van der Waals surface area (Å²) in [5, 5.41) is 0.705. The van der Waals surface area contributed by atoms with Crippen LogP contribution >= 0.6 is 12.2 Å². The van der Waals surface area contributed by atoms with E-state index in [0.29, 0.717) is 16.1 Å². The van der Waals surface area contributed by atoms with Crippen molar-refractivity contribution in [2.75, 3.05) is 0 Å². The van der Waals surface area contributed by atoms with Crippen LogP contribution in [0.4, 0.5) is 0 Å². The molecule has 0 unspecified atom stereocenters. The maximum absolute atomic E-state index is 12.6. The van der Waals surface area contributed by atoms with Gasteiger partial charge in [0.2, 0.25) is 0 Å². The molecular weight excluding hydrogens is 268 g/mol. The predicted molar refractivity (Wildman–Crippen MR) is 86.8 cm³/mol. The molecular formula is C16H22N2OS. The Kier molecular flexibility index (Phi) is 4.76. The Bertz CT molecular complexity index is 699. The molecule has 108 valence electrons. The Morgan fingerprint density at radius 3 is 2.60 bits per heavy atom. The summed E-state index contributed by atoms with van der Waals surface area (Å²) in [6.45, 7) is 6.51. The van der Waals surface area contributed by atoms with Gasteiger partial charge in [0.25, 0.3) is 5.56 Å². The number of nitrogens with one attached hydrogen (secondary N) is 1. The van der Waals surface area contributed by atoms with Crippen molar-refractivity contribution >= 4 is 23.1 Å². The summed E-state index contributed by atoms with van der Waals surface area (Å²) in [4.78, 5) is 15.7. The zero-order valence-electron chi connectivity index (χ0n) is 12.3. The van der Waals surface area contributed by atoms with Gasteiger partial charge in [-0.15, -0.1) is 0 Å². The summed E-state index contributed by atoms with van der Waals surface area (Å²) in [6.07, 6.45) is 3.28. The van der Waals surface area contributed by atoms with E-state index in [2.05, 4.69) is 25.8 Å².